The number of hydrogen-bond acceptors (Lipinski definition) is 4. The number of halogens is 1. The zero-order valence-corrected chi connectivity index (χ0v) is 10.9. The fourth-order valence-corrected chi connectivity index (χ4v) is 2.03. The van der Waals surface area contributed by atoms with Gasteiger partial charge in [-0.2, -0.15) is 5.10 Å². The molecule has 0 spiro atoms. The highest BCUT2D eigenvalue weighted by molar-refractivity contribution is 9.10. The summed E-state index contributed by atoms with van der Waals surface area (Å²) in [4.78, 5) is 23.3. The van der Waals surface area contributed by atoms with E-state index in [4.69, 9.17) is 4.74 Å². The lowest BCUT2D eigenvalue weighted by Crippen LogP contribution is -2.18. The molecule has 0 aliphatic heterocycles. The van der Waals surface area contributed by atoms with Gasteiger partial charge in [-0.25, -0.2) is 9.31 Å². The normalized spacial score (nSPS) is 10.8. The first-order valence-corrected chi connectivity index (χ1v) is 5.76. The molecular formula is C10H10BrN3O3. The predicted octanol–water partition coefficient (Wildman–Crippen LogP) is 0.972. The van der Waals surface area contributed by atoms with Crippen molar-refractivity contribution in [2.75, 3.05) is 6.61 Å². The van der Waals surface area contributed by atoms with Crippen LogP contribution in [0.3, 0.4) is 0 Å². The zero-order chi connectivity index (χ0) is 12.6. The molecule has 17 heavy (non-hydrogen) atoms. The molecule has 0 radical (unpaired) electrons. The number of aryl methyl sites for hydroxylation is 1. The van der Waals surface area contributed by atoms with Crippen LogP contribution in [0.15, 0.2) is 21.7 Å². The second-order valence-electron chi connectivity index (χ2n) is 3.41. The Morgan fingerprint density at radius 2 is 2.29 bits per heavy atom. The van der Waals surface area contributed by atoms with Gasteiger partial charge in [0.05, 0.1) is 6.61 Å². The van der Waals surface area contributed by atoms with Gasteiger partial charge < -0.3 is 9.30 Å². The standard InChI is InChI=1S/C10H10BrN3O3/c1-3-17-10(16)6-4-7-9(15)13(2)5-8(11)14(7)12-6/h4-5H,3H2,1-2H3. The summed E-state index contributed by atoms with van der Waals surface area (Å²) in [5.41, 5.74) is 0.219. The highest BCUT2D eigenvalue weighted by atomic mass is 79.9. The average molecular weight is 300 g/mol. The van der Waals surface area contributed by atoms with Crippen LogP contribution in [0.1, 0.15) is 17.4 Å². The van der Waals surface area contributed by atoms with E-state index >= 15 is 0 Å². The molecule has 90 valence electrons. The van der Waals surface area contributed by atoms with Gasteiger partial charge in [-0.1, -0.05) is 0 Å². The minimum atomic E-state index is -0.537. The Labute approximate surface area is 105 Å². The number of esters is 1. The number of fused-ring (bicyclic) bond motifs is 1. The second kappa shape index (κ2) is 4.33. The van der Waals surface area contributed by atoms with Crippen LogP contribution in [0.25, 0.3) is 5.52 Å². The molecule has 0 bridgehead atoms. The van der Waals surface area contributed by atoms with Gasteiger partial charge >= 0.3 is 5.97 Å². The number of aromatic nitrogens is 3. The highest BCUT2D eigenvalue weighted by Gasteiger charge is 2.15. The molecule has 0 atom stereocenters. The average Bonchev–Trinajstić information content (AvgIpc) is 2.72. The third-order valence-corrected chi connectivity index (χ3v) is 2.78. The fraction of sp³-hybridized carbons (Fsp3) is 0.300. The summed E-state index contributed by atoms with van der Waals surface area (Å²) in [6.07, 6.45) is 1.58. The number of nitrogens with zero attached hydrogens (tertiary/aromatic N) is 3. The molecule has 0 aromatic carbocycles. The number of hydrogen-bond donors (Lipinski definition) is 0. The van der Waals surface area contributed by atoms with Gasteiger partial charge in [0.15, 0.2) is 5.69 Å². The van der Waals surface area contributed by atoms with Gasteiger partial charge in [0, 0.05) is 19.3 Å². The Balaban J connectivity index is 2.65. The first kappa shape index (κ1) is 11.8. The lowest BCUT2D eigenvalue weighted by Gasteiger charge is -2.00. The van der Waals surface area contributed by atoms with Crippen LogP contribution in [0.5, 0.6) is 0 Å². The van der Waals surface area contributed by atoms with Crippen molar-refractivity contribution in [2.24, 2.45) is 7.05 Å². The number of carbonyl (C=O) groups excluding carboxylic acids is 1. The maximum absolute atomic E-state index is 11.8. The summed E-state index contributed by atoms with van der Waals surface area (Å²) >= 11 is 3.27. The van der Waals surface area contributed by atoms with Crippen molar-refractivity contribution in [3.63, 3.8) is 0 Å². The Kier molecular flexibility index (Phi) is 3.01. The van der Waals surface area contributed by atoms with Crippen molar-refractivity contribution < 1.29 is 9.53 Å². The first-order valence-electron chi connectivity index (χ1n) is 4.96. The summed E-state index contributed by atoms with van der Waals surface area (Å²) in [6.45, 7) is 1.98. The molecule has 0 amide bonds. The van der Waals surface area contributed by atoms with E-state index in [9.17, 15) is 9.59 Å². The molecule has 0 N–H and O–H groups in total. The van der Waals surface area contributed by atoms with Crippen LogP contribution in [-0.2, 0) is 11.8 Å². The van der Waals surface area contributed by atoms with Crippen molar-refractivity contribution in [2.45, 2.75) is 6.92 Å². The number of carbonyl (C=O) groups is 1. The largest absolute Gasteiger partial charge is 0.461 e. The zero-order valence-electron chi connectivity index (χ0n) is 9.31. The van der Waals surface area contributed by atoms with E-state index < -0.39 is 5.97 Å². The van der Waals surface area contributed by atoms with Crippen LogP contribution in [0, 0.1) is 0 Å². The van der Waals surface area contributed by atoms with Crippen LogP contribution in [0.2, 0.25) is 0 Å². The summed E-state index contributed by atoms with van der Waals surface area (Å²) in [7, 11) is 1.63. The van der Waals surface area contributed by atoms with E-state index in [0.717, 1.165) is 0 Å². The quantitative estimate of drug-likeness (QED) is 0.775. The Morgan fingerprint density at radius 3 is 2.94 bits per heavy atom. The maximum atomic E-state index is 11.8. The molecule has 6 nitrogen and oxygen atoms in total. The lowest BCUT2D eigenvalue weighted by atomic mass is 10.4. The molecule has 2 aromatic heterocycles. The molecule has 0 saturated carbocycles. The van der Waals surface area contributed by atoms with Crippen LogP contribution < -0.4 is 5.56 Å². The Morgan fingerprint density at radius 1 is 1.59 bits per heavy atom. The molecular weight excluding hydrogens is 290 g/mol. The fourth-order valence-electron chi connectivity index (χ4n) is 1.45. The van der Waals surface area contributed by atoms with Gasteiger partial charge in [0.25, 0.3) is 5.56 Å². The number of rotatable bonds is 2. The lowest BCUT2D eigenvalue weighted by molar-refractivity contribution is 0.0519. The van der Waals surface area contributed by atoms with E-state index in [-0.39, 0.29) is 17.9 Å². The number of ether oxygens (including phenoxy) is 1. The summed E-state index contributed by atoms with van der Waals surface area (Å²) in [5.74, 6) is -0.537. The highest BCUT2D eigenvalue weighted by Crippen LogP contribution is 2.11. The van der Waals surface area contributed by atoms with Crippen molar-refractivity contribution in [3.8, 4) is 0 Å². The molecule has 0 fully saturated rings. The Bertz CT molecular complexity index is 644. The van der Waals surface area contributed by atoms with Gasteiger partial charge in [0.2, 0.25) is 0 Å². The van der Waals surface area contributed by atoms with E-state index in [1.54, 1.807) is 20.2 Å². The minimum absolute atomic E-state index is 0.121. The third kappa shape index (κ3) is 1.97. The van der Waals surface area contributed by atoms with Gasteiger partial charge in [-0.05, 0) is 22.9 Å². The van der Waals surface area contributed by atoms with Gasteiger partial charge in [-0.3, -0.25) is 4.79 Å². The summed E-state index contributed by atoms with van der Waals surface area (Å²) in [5, 5.41) is 4.01. The van der Waals surface area contributed by atoms with Gasteiger partial charge in [-0.15, -0.1) is 0 Å². The summed E-state index contributed by atoms with van der Waals surface area (Å²) in [6, 6.07) is 1.42. The van der Waals surface area contributed by atoms with Crippen molar-refractivity contribution >= 4 is 27.4 Å². The van der Waals surface area contributed by atoms with Gasteiger partial charge in [0.1, 0.15) is 10.1 Å². The van der Waals surface area contributed by atoms with Crippen LogP contribution >= 0.6 is 15.9 Å². The predicted molar refractivity (Wildman–Crippen MR) is 64.1 cm³/mol. The maximum Gasteiger partial charge on any atom is 0.358 e. The smallest absolute Gasteiger partial charge is 0.358 e. The molecule has 7 heteroatoms. The molecule has 2 rings (SSSR count). The monoisotopic (exact) mass is 299 g/mol. The summed E-state index contributed by atoms with van der Waals surface area (Å²) < 4.78 is 8.20. The van der Waals surface area contributed by atoms with E-state index in [1.807, 2.05) is 0 Å². The molecule has 2 aromatic rings. The molecule has 0 saturated heterocycles. The van der Waals surface area contributed by atoms with Crippen molar-refractivity contribution in [1.82, 2.24) is 14.2 Å². The molecule has 0 aliphatic rings. The van der Waals surface area contributed by atoms with Crippen molar-refractivity contribution in [1.29, 1.82) is 0 Å². The second-order valence-corrected chi connectivity index (χ2v) is 4.23. The minimum Gasteiger partial charge on any atom is -0.461 e. The van der Waals surface area contributed by atoms with E-state index in [2.05, 4.69) is 21.0 Å². The van der Waals surface area contributed by atoms with Crippen LogP contribution in [0.4, 0.5) is 0 Å². The SMILES string of the molecule is CCOC(=O)c1cc2c(=O)n(C)cc(Br)n2n1. The molecule has 2 heterocycles. The van der Waals surface area contributed by atoms with Crippen molar-refractivity contribution in [3.05, 3.63) is 32.9 Å². The first-order chi connectivity index (χ1) is 8.04. The molecule has 0 unspecified atom stereocenters. The third-order valence-electron chi connectivity index (χ3n) is 2.24. The van der Waals surface area contributed by atoms with Crippen LogP contribution in [-0.4, -0.2) is 26.8 Å². The molecule has 0 aliphatic carbocycles. The Hall–Kier alpha value is -1.63. The topological polar surface area (TPSA) is 65.6 Å². The van der Waals surface area contributed by atoms with E-state index in [1.165, 1.54) is 15.1 Å². The van der Waals surface area contributed by atoms with E-state index in [0.29, 0.717) is 10.1 Å².